The molecule has 1 aliphatic rings. The van der Waals surface area contributed by atoms with Crippen LogP contribution in [0.5, 0.6) is 5.75 Å². The van der Waals surface area contributed by atoms with Gasteiger partial charge in [-0.3, -0.25) is 0 Å². The van der Waals surface area contributed by atoms with Gasteiger partial charge in [0.2, 0.25) is 5.95 Å². The van der Waals surface area contributed by atoms with Crippen molar-refractivity contribution in [2.75, 3.05) is 29.9 Å². The van der Waals surface area contributed by atoms with Crippen LogP contribution in [0, 0.1) is 0 Å². The maximum atomic E-state index is 12.3. The van der Waals surface area contributed by atoms with E-state index in [0.717, 1.165) is 11.1 Å². The number of aromatic nitrogens is 4. The maximum Gasteiger partial charge on any atom is 0.387 e. The van der Waals surface area contributed by atoms with E-state index in [-0.39, 0.29) is 11.4 Å². The Bertz CT molecular complexity index is 1030. The highest BCUT2D eigenvalue weighted by Gasteiger charge is 2.28. The van der Waals surface area contributed by atoms with Crippen LogP contribution >= 0.6 is 0 Å². The van der Waals surface area contributed by atoms with Crippen molar-refractivity contribution in [3.63, 3.8) is 0 Å². The molecule has 0 radical (unpaired) electrons. The van der Waals surface area contributed by atoms with Crippen LogP contribution in [0.3, 0.4) is 0 Å². The summed E-state index contributed by atoms with van der Waals surface area (Å²) in [5.41, 5.74) is 1.30. The normalized spacial score (nSPS) is 15.7. The molecule has 10 heteroatoms. The zero-order valence-corrected chi connectivity index (χ0v) is 17.1. The number of nitrogens with one attached hydrogen (secondary N) is 1. The van der Waals surface area contributed by atoms with E-state index in [1.54, 1.807) is 36.7 Å². The third kappa shape index (κ3) is 5.40. The molecule has 3 heterocycles. The smallest absolute Gasteiger partial charge is 0.387 e. The molecule has 3 aromatic rings. The zero-order valence-electron chi connectivity index (χ0n) is 17.1. The number of alkyl halides is 2. The Labute approximate surface area is 178 Å². The van der Waals surface area contributed by atoms with E-state index in [9.17, 15) is 8.78 Å². The molecule has 31 heavy (non-hydrogen) atoms. The summed E-state index contributed by atoms with van der Waals surface area (Å²) >= 11 is 0. The number of morpholine rings is 1. The van der Waals surface area contributed by atoms with Crippen LogP contribution in [0.2, 0.25) is 0 Å². The van der Waals surface area contributed by atoms with Gasteiger partial charge in [-0.05, 0) is 43.7 Å². The molecule has 0 unspecified atom stereocenters. The van der Waals surface area contributed by atoms with Gasteiger partial charge in [0.15, 0.2) is 5.82 Å². The van der Waals surface area contributed by atoms with E-state index in [4.69, 9.17) is 4.74 Å². The Morgan fingerprint density at radius 1 is 1.13 bits per heavy atom. The lowest BCUT2D eigenvalue weighted by molar-refractivity contribution is -0.0498. The average molecular weight is 428 g/mol. The SMILES string of the molecule is CC1(C)CN(c2nccc(Nc3cc(-c4ccc(OC(F)F)cc4)cnn3)n2)CCO1. The fourth-order valence-electron chi connectivity index (χ4n) is 3.30. The molecule has 1 aliphatic heterocycles. The minimum Gasteiger partial charge on any atom is -0.435 e. The van der Waals surface area contributed by atoms with Crippen molar-refractivity contribution in [2.24, 2.45) is 0 Å². The summed E-state index contributed by atoms with van der Waals surface area (Å²) < 4.78 is 34.8. The summed E-state index contributed by atoms with van der Waals surface area (Å²) in [6, 6.07) is 9.88. The first-order valence-corrected chi connectivity index (χ1v) is 9.75. The summed E-state index contributed by atoms with van der Waals surface area (Å²) in [7, 11) is 0. The number of ether oxygens (including phenoxy) is 2. The standard InChI is InChI=1S/C21H22F2N6O2/c1-21(2)13-29(9-10-30-21)20-24-8-7-17(27-20)26-18-11-15(12-25-28-18)14-3-5-16(6-4-14)31-19(22)23/h3-8,11-12,19H,9-10,13H2,1-2H3,(H,24,26,27,28). The fraction of sp³-hybridized carbons (Fsp3) is 0.333. The van der Waals surface area contributed by atoms with Crippen molar-refractivity contribution in [1.29, 1.82) is 0 Å². The average Bonchev–Trinajstić information content (AvgIpc) is 2.74. The van der Waals surface area contributed by atoms with Crippen LogP contribution in [0.25, 0.3) is 11.1 Å². The topological polar surface area (TPSA) is 85.3 Å². The number of benzene rings is 1. The van der Waals surface area contributed by atoms with Gasteiger partial charge >= 0.3 is 6.61 Å². The van der Waals surface area contributed by atoms with E-state index in [2.05, 4.69) is 35.1 Å². The Morgan fingerprint density at radius 2 is 1.94 bits per heavy atom. The molecule has 1 aromatic carbocycles. The second-order valence-corrected chi connectivity index (χ2v) is 7.63. The number of anilines is 3. The lowest BCUT2D eigenvalue weighted by Crippen LogP contribution is -2.49. The molecule has 8 nitrogen and oxygen atoms in total. The molecule has 1 saturated heterocycles. The molecule has 1 fully saturated rings. The third-order valence-electron chi connectivity index (χ3n) is 4.67. The van der Waals surface area contributed by atoms with Crippen LogP contribution in [0.4, 0.5) is 26.4 Å². The fourth-order valence-corrected chi connectivity index (χ4v) is 3.30. The molecule has 2 aromatic heterocycles. The van der Waals surface area contributed by atoms with Gasteiger partial charge in [0.05, 0.1) is 18.4 Å². The highest BCUT2D eigenvalue weighted by atomic mass is 19.3. The zero-order chi connectivity index (χ0) is 21.8. The largest absolute Gasteiger partial charge is 0.435 e. The second kappa shape index (κ2) is 8.76. The van der Waals surface area contributed by atoms with Crippen LogP contribution in [-0.2, 0) is 4.74 Å². The number of halogens is 2. The van der Waals surface area contributed by atoms with Crippen molar-refractivity contribution in [2.45, 2.75) is 26.1 Å². The van der Waals surface area contributed by atoms with Crippen LogP contribution in [-0.4, -0.2) is 52.1 Å². The van der Waals surface area contributed by atoms with Gasteiger partial charge in [-0.1, -0.05) is 12.1 Å². The van der Waals surface area contributed by atoms with E-state index in [1.807, 2.05) is 13.8 Å². The van der Waals surface area contributed by atoms with Gasteiger partial charge in [-0.2, -0.15) is 18.9 Å². The first-order valence-electron chi connectivity index (χ1n) is 9.75. The Kier molecular flexibility index (Phi) is 5.90. The summed E-state index contributed by atoms with van der Waals surface area (Å²) in [4.78, 5) is 11.1. The summed E-state index contributed by atoms with van der Waals surface area (Å²) in [6.07, 6.45) is 3.28. The van der Waals surface area contributed by atoms with Crippen molar-refractivity contribution >= 4 is 17.6 Å². The minimum absolute atomic E-state index is 0.0962. The molecule has 0 bridgehead atoms. The molecule has 0 saturated carbocycles. The van der Waals surface area contributed by atoms with Gasteiger partial charge in [0, 0.05) is 24.8 Å². The van der Waals surface area contributed by atoms with Crippen molar-refractivity contribution in [3.05, 3.63) is 48.8 Å². The van der Waals surface area contributed by atoms with Crippen LogP contribution in [0.15, 0.2) is 48.8 Å². The van der Waals surface area contributed by atoms with E-state index in [1.165, 1.54) is 12.1 Å². The monoisotopic (exact) mass is 428 g/mol. The molecule has 1 N–H and O–H groups in total. The van der Waals surface area contributed by atoms with Gasteiger partial charge < -0.3 is 19.7 Å². The second-order valence-electron chi connectivity index (χ2n) is 7.63. The number of nitrogens with zero attached hydrogens (tertiary/aromatic N) is 5. The van der Waals surface area contributed by atoms with Crippen LogP contribution in [0.1, 0.15) is 13.8 Å². The van der Waals surface area contributed by atoms with Crippen molar-refractivity contribution in [3.8, 4) is 16.9 Å². The third-order valence-corrected chi connectivity index (χ3v) is 4.67. The molecule has 0 aliphatic carbocycles. The molecule has 162 valence electrons. The highest BCUT2D eigenvalue weighted by molar-refractivity contribution is 5.67. The Morgan fingerprint density at radius 3 is 2.68 bits per heavy atom. The molecular weight excluding hydrogens is 406 g/mol. The Hall–Kier alpha value is -3.40. The van der Waals surface area contributed by atoms with Crippen molar-refractivity contribution in [1.82, 2.24) is 20.2 Å². The number of hydrogen-bond donors (Lipinski definition) is 1. The van der Waals surface area contributed by atoms with Gasteiger partial charge in [0.25, 0.3) is 0 Å². The molecule has 4 rings (SSSR count). The Balaban J connectivity index is 1.49. The predicted molar refractivity (Wildman–Crippen MR) is 112 cm³/mol. The minimum atomic E-state index is -2.86. The molecule has 0 amide bonds. The summed E-state index contributed by atoms with van der Waals surface area (Å²) in [5, 5.41) is 11.3. The first kappa shape index (κ1) is 20.9. The molecule has 0 atom stereocenters. The number of hydrogen-bond acceptors (Lipinski definition) is 8. The van der Waals surface area contributed by atoms with Gasteiger partial charge in [-0.15, -0.1) is 5.10 Å². The predicted octanol–water partition coefficient (Wildman–Crippen LogP) is 3.89. The van der Waals surface area contributed by atoms with E-state index in [0.29, 0.717) is 37.3 Å². The molecular formula is C21H22F2N6O2. The summed E-state index contributed by atoms with van der Waals surface area (Å²) in [6.45, 7) is 3.24. The van der Waals surface area contributed by atoms with Gasteiger partial charge in [0.1, 0.15) is 11.6 Å². The maximum absolute atomic E-state index is 12.3. The first-order chi connectivity index (χ1) is 14.9. The van der Waals surface area contributed by atoms with E-state index >= 15 is 0 Å². The van der Waals surface area contributed by atoms with Crippen molar-refractivity contribution < 1.29 is 18.3 Å². The quantitative estimate of drug-likeness (QED) is 0.633. The lowest BCUT2D eigenvalue weighted by Gasteiger charge is -2.38. The highest BCUT2D eigenvalue weighted by Crippen LogP contribution is 2.26. The van der Waals surface area contributed by atoms with E-state index < -0.39 is 6.61 Å². The lowest BCUT2D eigenvalue weighted by atomic mass is 10.1. The number of rotatable bonds is 6. The van der Waals surface area contributed by atoms with Gasteiger partial charge in [-0.25, -0.2) is 4.98 Å². The summed E-state index contributed by atoms with van der Waals surface area (Å²) in [5.74, 6) is 1.79. The molecule has 0 spiro atoms. The van der Waals surface area contributed by atoms with Crippen LogP contribution < -0.4 is 15.0 Å².